The molecule has 1 N–H and O–H groups in total. The number of likely N-dealkylation sites (tertiary alicyclic amines) is 1. The van der Waals surface area contributed by atoms with Gasteiger partial charge in [-0.25, -0.2) is 9.18 Å². The minimum atomic E-state index is -0.272. The highest BCUT2D eigenvalue weighted by Crippen LogP contribution is 2.22. The van der Waals surface area contributed by atoms with Crippen molar-refractivity contribution in [2.24, 2.45) is 0 Å². The maximum atomic E-state index is 13.1. The number of urea groups is 1. The van der Waals surface area contributed by atoms with Crippen molar-refractivity contribution in [1.29, 1.82) is 0 Å². The van der Waals surface area contributed by atoms with Crippen LogP contribution >= 0.6 is 0 Å². The van der Waals surface area contributed by atoms with Gasteiger partial charge in [-0.05, 0) is 44.0 Å². The van der Waals surface area contributed by atoms with E-state index in [2.05, 4.69) is 17.3 Å². The molecule has 2 heterocycles. The largest absolute Gasteiger partial charge is 0.378 e. The normalized spacial score (nSPS) is 22.0. The molecule has 0 aromatic heterocycles. The molecule has 2 fully saturated rings. The van der Waals surface area contributed by atoms with Gasteiger partial charge in [0.2, 0.25) is 0 Å². The fourth-order valence-electron chi connectivity index (χ4n) is 3.49. The first-order chi connectivity index (χ1) is 13.1. The van der Waals surface area contributed by atoms with Crippen molar-refractivity contribution in [3.63, 3.8) is 0 Å². The molecule has 2 aliphatic rings. The highest BCUT2D eigenvalue weighted by Gasteiger charge is 2.25. The second-order valence-corrected chi connectivity index (χ2v) is 7.32. The summed E-state index contributed by atoms with van der Waals surface area (Å²) < 4.78 is 24.7. The molecule has 2 aliphatic heterocycles. The number of nitrogens with one attached hydrogen (secondary N) is 1. The molecule has 0 radical (unpaired) electrons. The van der Waals surface area contributed by atoms with E-state index >= 15 is 0 Å². The number of piperidine rings is 1. The molecule has 150 valence electrons. The molecule has 6 nitrogen and oxygen atoms in total. The smallest absolute Gasteiger partial charge is 0.317 e. The molecule has 0 bridgehead atoms. The molecule has 27 heavy (non-hydrogen) atoms. The lowest BCUT2D eigenvalue weighted by atomic mass is 10.1. The number of nitrogens with zero attached hydrogens (tertiary/aromatic N) is 2. The Balaban J connectivity index is 1.33. The lowest BCUT2D eigenvalue weighted by Gasteiger charge is -2.33. The first kappa shape index (κ1) is 20.0. The average molecular weight is 379 g/mol. The number of ether oxygens (including phenoxy) is 2. The van der Waals surface area contributed by atoms with Gasteiger partial charge in [0.1, 0.15) is 11.9 Å². The summed E-state index contributed by atoms with van der Waals surface area (Å²) in [7, 11) is 2.14. The first-order valence-electron chi connectivity index (χ1n) is 9.82. The Labute approximate surface area is 160 Å². The molecule has 2 amide bonds. The Hall–Kier alpha value is -1.70. The van der Waals surface area contributed by atoms with E-state index in [1.165, 1.54) is 12.1 Å². The van der Waals surface area contributed by atoms with E-state index in [1.54, 1.807) is 17.0 Å². The SMILES string of the molecule is CN1CCC(OCCCNC(=O)N2CCO[C@@H](c3ccc(F)cc3)C2)CC1. The molecule has 7 heteroatoms. The van der Waals surface area contributed by atoms with Gasteiger partial charge in [-0.15, -0.1) is 0 Å². The van der Waals surface area contributed by atoms with Crippen LogP contribution < -0.4 is 5.32 Å². The van der Waals surface area contributed by atoms with Crippen molar-refractivity contribution >= 4 is 6.03 Å². The lowest BCUT2D eigenvalue weighted by Crippen LogP contribution is -2.47. The van der Waals surface area contributed by atoms with E-state index in [1.807, 2.05) is 0 Å². The standard InChI is InChI=1S/C20H30FN3O3/c1-23-10-7-18(8-11-23)26-13-2-9-22-20(25)24-12-14-27-19(15-24)16-3-5-17(21)6-4-16/h3-6,18-19H,2,7-15H2,1H3,(H,22,25)/t19-/m1/s1. The minimum Gasteiger partial charge on any atom is -0.378 e. The molecule has 0 unspecified atom stereocenters. The van der Waals surface area contributed by atoms with Crippen LogP contribution in [0, 0.1) is 5.82 Å². The second-order valence-electron chi connectivity index (χ2n) is 7.32. The molecule has 1 aromatic rings. The maximum Gasteiger partial charge on any atom is 0.317 e. The molecule has 1 aromatic carbocycles. The fourth-order valence-corrected chi connectivity index (χ4v) is 3.49. The Bertz CT molecular complexity index is 591. The topological polar surface area (TPSA) is 54.0 Å². The van der Waals surface area contributed by atoms with E-state index in [0.717, 1.165) is 37.9 Å². The Morgan fingerprint density at radius 3 is 2.74 bits per heavy atom. The molecule has 2 saturated heterocycles. The predicted molar refractivity (Wildman–Crippen MR) is 101 cm³/mol. The van der Waals surface area contributed by atoms with Gasteiger partial charge in [0.15, 0.2) is 0 Å². The molecule has 3 rings (SSSR count). The number of carbonyl (C=O) groups is 1. The minimum absolute atomic E-state index is 0.0790. The van der Waals surface area contributed by atoms with Crippen molar-refractivity contribution in [2.45, 2.75) is 31.5 Å². The van der Waals surface area contributed by atoms with Gasteiger partial charge >= 0.3 is 6.03 Å². The summed E-state index contributed by atoms with van der Waals surface area (Å²) in [5.74, 6) is -0.272. The van der Waals surface area contributed by atoms with Gasteiger partial charge < -0.3 is 24.6 Å². The van der Waals surface area contributed by atoms with Gasteiger partial charge in [0.05, 0.1) is 19.3 Å². The fraction of sp³-hybridized carbons (Fsp3) is 0.650. The summed E-state index contributed by atoms with van der Waals surface area (Å²) in [6, 6.07) is 6.18. The molecule has 0 spiro atoms. The van der Waals surface area contributed by atoms with Crippen molar-refractivity contribution in [2.75, 3.05) is 53.0 Å². The monoisotopic (exact) mass is 379 g/mol. The van der Waals surface area contributed by atoms with Gasteiger partial charge in [-0.1, -0.05) is 12.1 Å². The Morgan fingerprint density at radius 2 is 2.00 bits per heavy atom. The summed E-state index contributed by atoms with van der Waals surface area (Å²) in [4.78, 5) is 16.5. The van der Waals surface area contributed by atoms with Crippen LogP contribution in [0.15, 0.2) is 24.3 Å². The Morgan fingerprint density at radius 1 is 1.26 bits per heavy atom. The molecule has 1 atom stereocenters. The third-order valence-electron chi connectivity index (χ3n) is 5.21. The summed E-state index contributed by atoms with van der Waals surface area (Å²) in [5, 5.41) is 2.96. The highest BCUT2D eigenvalue weighted by molar-refractivity contribution is 5.74. The van der Waals surface area contributed by atoms with Crippen LogP contribution in [0.3, 0.4) is 0 Å². The summed E-state index contributed by atoms with van der Waals surface area (Å²) in [5.41, 5.74) is 0.889. The van der Waals surface area contributed by atoms with Crippen LogP contribution in [0.5, 0.6) is 0 Å². The van der Waals surface area contributed by atoms with Crippen molar-refractivity contribution in [1.82, 2.24) is 15.1 Å². The number of rotatable bonds is 6. The van der Waals surface area contributed by atoms with E-state index in [-0.39, 0.29) is 18.0 Å². The predicted octanol–water partition coefficient (Wildman–Crippen LogP) is 2.41. The van der Waals surface area contributed by atoms with Crippen LogP contribution in [0.2, 0.25) is 0 Å². The van der Waals surface area contributed by atoms with Crippen LogP contribution in [0.4, 0.5) is 9.18 Å². The number of hydrogen-bond donors (Lipinski definition) is 1. The molecular formula is C20H30FN3O3. The van der Waals surface area contributed by atoms with Crippen LogP contribution in [0.1, 0.15) is 30.9 Å². The van der Waals surface area contributed by atoms with Crippen LogP contribution in [-0.4, -0.2) is 74.9 Å². The number of hydrogen-bond acceptors (Lipinski definition) is 4. The van der Waals surface area contributed by atoms with Crippen LogP contribution in [0.25, 0.3) is 0 Å². The zero-order chi connectivity index (χ0) is 19.1. The quantitative estimate of drug-likeness (QED) is 0.772. The molecular weight excluding hydrogens is 349 g/mol. The van der Waals surface area contributed by atoms with Crippen molar-refractivity contribution < 1.29 is 18.7 Å². The molecule has 0 aliphatic carbocycles. The molecule has 0 saturated carbocycles. The summed E-state index contributed by atoms with van der Waals surface area (Å²) in [6.45, 7) is 4.98. The number of amides is 2. The number of carbonyl (C=O) groups excluding carboxylic acids is 1. The highest BCUT2D eigenvalue weighted by atomic mass is 19.1. The third kappa shape index (κ3) is 6.16. The Kier molecular flexibility index (Phi) is 7.43. The van der Waals surface area contributed by atoms with Gasteiger partial charge in [0.25, 0.3) is 0 Å². The summed E-state index contributed by atoms with van der Waals surface area (Å²) in [6.07, 6.45) is 3.12. The van der Waals surface area contributed by atoms with E-state index in [4.69, 9.17) is 9.47 Å². The van der Waals surface area contributed by atoms with Gasteiger partial charge in [-0.2, -0.15) is 0 Å². The van der Waals surface area contributed by atoms with Gasteiger partial charge in [-0.3, -0.25) is 0 Å². The second kappa shape index (κ2) is 10.0. The van der Waals surface area contributed by atoms with E-state index in [9.17, 15) is 9.18 Å². The summed E-state index contributed by atoms with van der Waals surface area (Å²) >= 11 is 0. The number of morpholine rings is 1. The lowest BCUT2D eigenvalue weighted by molar-refractivity contribution is -0.0157. The van der Waals surface area contributed by atoms with E-state index < -0.39 is 0 Å². The van der Waals surface area contributed by atoms with Gasteiger partial charge in [0, 0.05) is 32.8 Å². The zero-order valence-corrected chi connectivity index (χ0v) is 16.0. The first-order valence-corrected chi connectivity index (χ1v) is 9.82. The number of halogens is 1. The zero-order valence-electron chi connectivity index (χ0n) is 16.0. The average Bonchev–Trinajstić information content (AvgIpc) is 2.69. The van der Waals surface area contributed by atoms with Crippen LogP contribution in [-0.2, 0) is 9.47 Å². The van der Waals surface area contributed by atoms with Crippen molar-refractivity contribution in [3.8, 4) is 0 Å². The third-order valence-corrected chi connectivity index (χ3v) is 5.21. The van der Waals surface area contributed by atoms with E-state index in [0.29, 0.717) is 39.0 Å². The number of benzene rings is 1. The van der Waals surface area contributed by atoms with Crippen molar-refractivity contribution in [3.05, 3.63) is 35.6 Å². The maximum absolute atomic E-state index is 13.1.